The molecule has 0 amide bonds. The van der Waals surface area contributed by atoms with Crippen LogP contribution in [0, 0.1) is 0 Å². The zero-order valence-corrected chi connectivity index (χ0v) is 12.6. The van der Waals surface area contributed by atoms with E-state index in [1.807, 2.05) is 18.2 Å². The summed E-state index contributed by atoms with van der Waals surface area (Å²) in [7, 11) is 0. The van der Waals surface area contributed by atoms with Gasteiger partial charge in [0.25, 0.3) is 0 Å². The lowest BCUT2D eigenvalue weighted by molar-refractivity contribution is -0.137. The summed E-state index contributed by atoms with van der Waals surface area (Å²) >= 11 is 9.40. The van der Waals surface area contributed by atoms with Crippen molar-refractivity contribution in [3.8, 4) is 0 Å². The van der Waals surface area contributed by atoms with Crippen molar-refractivity contribution in [3.05, 3.63) is 70.2 Å². The first-order valence-electron chi connectivity index (χ1n) is 5.92. The first-order valence-corrected chi connectivity index (χ1v) is 7.21. The Morgan fingerprint density at radius 1 is 1.05 bits per heavy atom. The van der Waals surface area contributed by atoms with Gasteiger partial charge >= 0.3 is 6.18 Å². The molecule has 1 unspecified atom stereocenters. The van der Waals surface area contributed by atoms with Crippen LogP contribution in [0.5, 0.6) is 0 Å². The van der Waals surface area contributed by atoms with Crippen LogP contribution < -0.4 is 0 Å². The van der Waals surface area contributed by atoms with Crippen LogP contribution in [0.1, 0.15) is 21.5 Å². The van der Waals surface area contributed by atoms with E-state index in [-0.39, 0.29) is 4.83 Å². The predicted molar refractivity (Wildman–Crippen MR) is 78.3 cm³/mol. The SMILES string of the molecule is FC(F)(F)c1ccc(C(Br)Cc2cccc(Cl)c2)cc1. The van der Waals surface area contributed by atoms with E-state index in [4.69, 9.17) is 11.6 Å². The minimum absolute atomic E-state index is 0.0525. The summed E-state index contributed by atoms with van der Waals surface area (Å²) in [6.45, 7) is 0. The van der Waals surface area contributed by atoms with Crippen LogP contribution >= 0.6 is 27.5 Å². The lowest BCUT2D eigenvalue weighted by Crippen LogP contribution is -2.05. The minimum Gasteiger partial charge on any atom is -0.166 e. The smallest absolute Gasteiger partial charge is 0.166 e. The third-order valence-corrected chi connectivity index (χ3v) is 3.99. The predicted octanol–water partition coefficient (Wildman–Crippen LogP) is 6.04. The van der Waals surface area contributed by atoms with Crippen LogP contribution in [0.15, 0.2) is 48.5 Å². The zero-order chi connectivity index (χ0) is 14.8. The van der Waals surface area contributed by atoms with E-state index in [9.17, 15) is 13.2 Å². The summed E-state index contributed by atoms with van der Waals surface area (Å²) in [6.07, 6.45) is -3.64. The summed E-state index contributed by atoms with van der Waals surface area (Å²) in [5.41, 5.74) is 1.20. The van der Waals surface area contributed by atoms with Crippen molar-refractivity contribution in [1.82, 2.24) is 0 Å². The largest absolute Gasteiger partial charge is 0.416 e. The van der Waals surface area contributed by atoms with Gasteiger partial charge in [0.05, 0.1) is 5.56 Å². The van der Waals surface area contributed by atoms with Gasteiger partial charge in [0.1, 0.15) is 0 Å². The summed E-state index contributed by atoms with van der Waals surface area (Å²) in [5.74, 6) is 0. The molecule has 0 fully saturated rings. The van der Waals surface area contributed by atoms with Crippen LogP contribution in [0.25, 0.3) is 0 Å². The van der Waals surface area contributed by atoms with Crippen molar-refractivity contribution in [2.24, 2.45) is 0 Å². The van der Waals surface area contributed by atoms with E-state index < -0.39 is 11.7 Å². The lowest BCUT2D eigenvalue weighted by atomic mass is 10.0. The number of rotatable bonds is 3. The second-order valence-electron chi connectivity index (χ2n) is 4.42. The number of alkyl halides is 4. The maximum absolute atomic E-state index is 12.5. The lowest BCUT2D eigenvalue weighted by Gasteiger charge is -2.12. The van der Waals surface area contributed by atoms with E-state index in [1.54, 1.807) is 6.07 Å². The van der Waals surface area contributed by atoms with Gasteiger partial charge in [-0.2, -0.15) is 13.2 Å². The molecule has 0 aromatic heterocycles. The Bertz CT molecular complexity index is 578. The average Bonchev–Trinajstić information content (AvgIpc) is 2.38. The zero-order valence-electron chi connectivity index (χ0n) is 10.3. The van der Waals surface area contributed by atoms with E-state index in [1.165, 1.54) is 12.1 Å². The molecule has 5 heteroatoms. The summed E-state index contributed by atoms with van der Waals surface area (Å²) < 4.78 is 37.5. The van der Waals surface area contributed by atoms with Crippen molar-refractivity contribution in [2.75, 3.05) is 0 Å². The Morgan fingerprint density at radius 3 is 2.25 bits per heavy atom. The number of hydrogen-bond acceptors (Lipinski definition) is 0. The standard InChI is InChI=1S/C15H11BrClF3/c16-14(9-10-2-1-3-13(17)8-10)11-4-6-12(7-5-11)15(18,19)20/h1-8,14H,9H2. The van der Waals surface area contributed by atoms with Crippen LogP contribution in [0.4, 0.5) is 13.2 Å². The van der Waals surface area contributed by atoms with Gasteiger partial charge in [0.2, 0.25) is 0 Å². The first kappa shape index (κ1) is 15.4. The van der Waals surface area contributed by atoms with Gasteiger partial charge < -0.3 is 0 Å². The van der Waals surface area contributed by atoms with Gasteiger partial charge in [-0.1, -0.05) is 51.8 Å². The van der Waals surface area contributed by atoms with Gasteiger partial charge in [-0.15, -0.1) is 0 Å². The van der Waals surface area contributed by atoms with Crippen LogP contribution in [-0.2, 0) is 12.6 Å². The first-order chi connectivity index (χ1) is 9.36. The molecular formula is C15H11BrClF3. The fraction of sp³-hybridized carbons (Fsp3) is 0.200. The van der Waals surface area contributed by atoms with Crippen LogP contribution in [0.3, 0.4) is 0 Å². The molecule has 2 aromatic rings. The Labute approximate surface area is 128 Å². The Morgan fingerprint density at radius 2 is 1.70 bits per heavy atom. The summed E-state index contributed by atoms with van der Waals surface area (Å²) in [5, 5.41) is 0.648. The molecule has 2 rings (SSSR count). The summed E-state index contributed by atoms with van der Waals surface area (Å²) in [4.78, 5) is -0.0525. The van der Waals surface area contributed by atoms with E-state index >= 15 is 0 Å². The Hall–Kier alpha value is -1.00. The minimum atomic E-state index is -4.30. The molecule has 0 radical (unpaired) electrons. The molecular weight excluding hydrogens is 353 g/mol. The highest BCUT2D eigenvalue weighted by Crippen LogP contribution is 2.32. The molecule has 0 bridgehead atoms. The number of hydrogen-bond donors (Lipinski definition) is 0. The normalized spacial score (nSPS) is 13.2. The quantitative estimate of drug-likeness (QED) is 0.583. The molecule has 0 saturated heterocycles. The molecule has 0 saturated carbocycles. The van der Waals surface area contributed by atoms with Gasteiger partial charge in [-0.05, 0) is 41.8 Å². The topological polar surface area (TPSA) is 0 Å². The summed E-state index contributed by atoms with van der Waals surface area (Å²) in [6, 6.07) is 12.6. The van der Waals surface area contributed by atoms with Crippen LogP contribution in [-0.4, -0.2) is 0 Å². The molecule has 0 aliphatic rings. The molecule has 1 atom stereocenters. The molecule has 106 valence electrons. The molecule has 0 aliphatic heterocycles. The van der Waals surface area contributed by atoms with Crippen molar-refractivity contribution in [3.63, 3.8) is 0 Å². The van der Waals surface area contributed by atoms with Crippen LogP contribution in [0.2, 0.25) is 5.02 Å². The highest BCUT2D eigenvalue weighted by molar-refractivity contribution is 9.09. The third kappa shape index (κ3) is 4.00. The molecule has 0 nitrogen and oxygen atoms in total. The van der Waals surface area contributed by atoms with Gasteiger partial charge in [-0.3, -0.25) is 0 Å². The van der Waals surface area contributed by atoms with Crippen molar-refractivity contribution >= 4 is 27.5 Å². The molecule has 0 heterocycles. The fourth-order valence-corrected chi connectivity index (χ4v) is 2.76. The molecule has 0 N–H and O–H groups in total. The van der Waals surface area contributed by atoms with Crippen molar-refractivity contribution in [1.29, 1.82) is 0 Å². The Kier molecular flexibility index (Phi) is 4.76. The second kappa shape index (κ2) is 6.19. The number of benzene rings is 2. The monoisotopic (exact) mass is 362 g/mol. The third-order valence-electron chi connectivity index (χ3n) is 2.90. The van der Waals surface area contributed by atoms with E-state index in [0.29, 0.717) is 11.4 Å². The fourth-order valence-electron chi connectivity index (χ4n) is 1.87. The number of halogens is 5. The van der Waals surface area contributed by atoms with Crippen molar-refractivity contribution in [2.45, 2.75) is 17.4 Å². The van der Waals surface area contributed by atoms with Gasteiger partial charge in [-0.25, -0.2) is 0 Å². The second-order valence-corrected chi connectivity index (χ2v) is 5.96. The van der Waals surface area contributed by atoms with E-state index in [2.05, 4.69) is 15.9 Å². The van der Waals surface area contributed by atoms with E-state index in [0.717, 1.165) is 23.3 Å². The van der Waals surface area contributed by atoms with Gasteiger partial charge in [0.15, 0.2) is 0 Å². The van der Waals surface area contributed by atoms with Crippen molar-refractivity contribution < 1.29 is 13.2 Å². The maximum atomic E-state index is 12.5. The van der Waals surface area contributed by atoms with Gasteiger partial charge in [0, 0.05) is 9.85 Å². The maximum Gasteiger partial charge on any atom is 0.416 e. The molecule has 0 aliphatic carbocycles. The highest BCUT2D eigenvalue weighted by atomic mass is 79.9. The molecule has 0 spiro atoms. The highest BCUT2D eigenvalue weighted by Gasteiger charge is 2.30. The Balaban J connectivity index is 2.11. The average molecular weight is 364 g/mol. The molecule has 2 aromatic carbocycles. The molecule has 20 heavy (non-hydrogen) atoms.